The molecule has 0 aliphatic carbocycles. The summed E-state index contributed by atoms with van der Waals surface area (Å²) in [6.07, 6.45) is 2.96. The minimum atomic E-state index is -0.764. The SMILES string of the molecule is CC(C)c1nc2n(n1)C(CC(=O)O)CCC2. The Bertz CT molecular complexity index is 398. The van der Waals surface area contributed by atoms with E-state index in [4.69, 9.17) is 5.11 Å². The van der Waals surface area contributed by atoms with Crippen molar-refractivity contribution < 1.29 is 9.90 Å². The Morgan fingerprint density at radius 3 is 3.00 bits per heavy atom. The van der Waals surface area contributed by atoms with E-state index in [9.17, 15) is 4.79 Å². The normalized spacial score (nSPS) is 19.8. The van der Waals surface area contributed by atoms with Gasteiger partial charge in [-0.15, -0.1) is 0 Å². The maximum Gasteiger partial charge on any atom is 0.305 e. The van der Waals surface area contributed by atoms with Gasteiger partial charge in [0.05, 0.1) is 12.5 Å². The Balaban J connectivity index is 2.27. The highest BCUT2D eigenvalue weighted by molar-refractivity contribution is 5.67. The second-order valence-corrected chi connectivity index (χ2v) is 4.63. The van der Waals surface area contributed by atoms with Gasteiger partial charge in [-0.3, -0.25) is 4.79 Å². The van der Waals surface area contributed by atoms with Crippen LogP contribution in [-0.2, 0) is 11.2 Å². The number of aryl methyl sites for hydroxylation is 1. The number of carbonyl (C=O) groups is 1. The first kappa shape index (κ1) is 11.1. The van der Waals surface area contributed by atoms with Crippen molar-refractivity contribution in [1.29, 1.82) is 0 Å². The van der Waals surface area contributed by atoms with Crippen LogP contribution in [0.1, 0.15) is 56.7 Å². The molecule has 0 fully saturated rings. The van der Waals surface area contributed by atoms with E-state index in [1.54, 1.807) is 0 Å². The Morgan fingerprint density at radius 1 is 1.62 bits per heavy atom. The monoisotopic (exact) mass is 223 g/mol. The van der Waals surface area contributed by atoms with Crippen molar-refractivity contribution in [3.05, 3.63) is 11.6 Å². The topological polar surface area (TPSA) is 68.0 Å². The van der Waals surface area contributed by atoms with Crippen molar-refractivity contribution >= 4 is 5.97 Å². The zero-order valence-electron chi connectivity index (χ0n) is 9.68. The van der Waals surface area contributed by atoms with Crippen LogP contribution >= 0.6 is 0 Å². The summed E-state index contributed by atoms with van der Waals surface area (Å²) in [6.45, 7) is 4.10. The molecule has 5 heteroatoms. The summed E-state index contributed by atoms with van der Waals surface area (Å²) >= 11 is 0. The summed E-state index contributed by atoms with van der Waals surface area (Å²) in [4.78, 5) is 15.2. The summed E-state index contributed by atoms with van der Waals surface area (Å²) in [5.41, 5.74) is 0. The molecule has 5 nitrogen and oxygen atoms in total. The lowest BCUT2D eigenvalue weighted by Gasteiger charge is -2.21. The van der Waals surface area contributed by atoms with Crippen LogP contribution in [0.15, 0.2) is 0 Å². The highest BCUT2D eigenvalue weighted by Gasteiger charge is 2.25. The van der Waals surface area contributed by atoms with Gasteiger partial charge in [0.1, 0.15) is 5.82 Å². The highest BCUT2D eigenvalue weighted by atomic mass is 16.4. The molecule has 1 aliphatic rings. The van der Waals surface area contributed by atoms with Crippen LogP contribution in [-0.4, -0.2) is 25.8 Å². The molecule has 2 heterocycles. The molecule has 16 heavy (non-hydrogen) atoms. The van der Waals surface area contributed by atoms with E-state index in [-0.39, 0.29) is 12.5 Å². The average Bonchev–Trinajstić information content (AvgIpc) is 2.61. The molecule has 0 radical (unpaired) electrons. The number of carboxylic acids is 1. The molecular formula is C11H17N3O2. The largest absolute Gasteiger partial charge is 0.481 e. The summed E-state index contributed by atoms with van der Waals surface area (Å²) < 4.78 is 1.83. The van der Waals surface area contributed by atoms with E-state index in [0.717, 1.165) is 30.9 Å². The van der Waals surface area contributed by atoms with Crippen molar-refractivity contribution in [3.63, 3.8) is 0 Å². The molecule has 1 aromatic heterocycles. The van der Waals surface area contributed by atoms with Crippen molar-refractivity contribution in [2.24, 2.45) is 0 Å². The van der Waals surface area contributed by atoms with Gasteiger partial charge in [0.25, 0.3) is 0 Å². The number of aromatic nitrogens is 3. The Kier molecular flexibility index (Phi) is 2.94. The first-order chi connectivity index (χ1) is 7.58. The lowest BCUT2D eigenvalue weighted by atomic mass is 10.0. The second-order valence-electron chi connectivity index (χ2n) is 4.63. The molecule has 1 aliphatic heterocycles. The number of nitrogens with zero attached hydrogens (tertiary/aromatic N) is 3. The van der Waals surface area contributed by atoms with Crippen LogP contribution < -0.4 is 0 Å². The summed E-state index contributed by atoms with van der Waals surface area (Å²) in [7, 11) is 0. The summed E-state index contributed by atoms with van der Waals surface area (Å²) in [6, 6.07) is -0.0127. The Morgan fingerprint density at radius 2 is 2.38 bits per heavy atom. The fourth-order valence-corrected chi connectivity index (χ4v) is 2.09. The van der Waals surface area contributed by atoms with E-state index in [0.29, 0.717) is 5.92 Å². The second kappa shape index (κ2) is 4.23. The van der Waals surface area contributed by atoms with E-state index in [1.807, 2.05) is 18.5 Å². The highest BCUT2D eigenvalue weighted by Crippen LogP contribution is 2.27. The number of aliphatic carboxylic acids is 1. The fourth-order valence-electron chi connectivity index (χ4n) is 2.09. The van der Waals surface area contributed by atoms with Gasteiger partial charge >= 0.3 is 5.97 Å². The van der Waals surface area contributed by atoms with Crippen molar-refractivity contribution in [1.82, 2.24) is 14.8 Å². The molecule has 1 atom stereocenters. The lowest BCUT2D eigenvalue weighted by Crippen LogP contribution is -2.21. The predicted molar refractivity (Wildman–Crippen MR) is 58.3 cm³/mol. The van der Waals surface area contributed by atoms with Crippen molar-refractivity contribution in [3.8, 4) is 0 Å². The van der Waals surface area contributed by atoms with Crippen molar-refractivity contribution in [2.75, 3.05) is 0 Å². The van der Waals surface area contributed by atoms with Crippen LogP contribution in [0.25, 0.3) is 0 Å². The smallest absolute Gasteiger partial charge is 0.305 e. The van der Waals surface area contributed by atoms with E-state index < -0.39 is 5.97 Å². The van der Waals surface area contributed by atoms with E-state index >= 15 is 0 Å². The van der Waals surface area contributed by atoms with Gasteiger partial charge in [-0.05, 0) is 12.8 Å². The van der Waals surface area contributed by atoms with Gasteiger partial charge in [-0.1, -0.05) is 13.8 Å². The lowest BCUT2D eigenvalue weighted by molar-refractivity contribution is -0.138. The number of hydrogen-bond donors (Lipinski definition) is 1. The van der Waals surface area contributed by atoms with Gasteiger partial charge in [0.2, 0.25) is 0 Å². The van der Waals surface area contributed by atoms with Gasteiger partial charge < -0.3 is 5.11 Å². The molecule has 0 saturated carbocycles. The summed E-state index contributed by atoms with van der Waals surface area (Å²) in [5, 5.41) is 13.3. The van der Waals surface area contributed by atoms with Gasteiger partial charge in [0, 0.05) is 12.3 Å². The van der Waals surface area contributed by atoms with Gasteiger partial charge in [0.15, 0.2) is 5.82 Å². The maximum absolute atomic E-state index is 10.8. The molecule has 1 N–H and O–H groups in total. The summed E-state index contributed by atoms with van der Waals surface area (Å²) in [5.74, 6) is 1.30. The Labute approximate surface area is 94.5 Å². The molecule has 1 aromatic rings. The number of carboxylic acid groups (broad SMARTS) is 1. The van der Waals surface area contributed by atoms with Crippen molar-refractivity contribution in [2.45, 2.75) is 51.5 Å². The maximum atomic E-state index is 10.8. The molecule has 88 valence electrons. The van der Waals surface area contributed by atoms with E-state index in [2.05, 4.69) is 10.1 Å². The number of rotatable bonds is 3. The molecule has 0 amide bonds. The standard InChI is InChI=1S/C11H17N3O2/c1-7(2)11-12-9-5-3-4-8(6-10(15)16)14(9)13-11/h7-8H,3-6H2,1-2H3,(H,15,16). The third-order valence-corrected chi connectivity index (χ3v) is 2.93. The Hall–Kier alpha value is -1.39. The van der Waals surface area contributed by atoms with Gasteiger partial charge in [-0.2, -0.15) is 5.10 Å². The minimum absolute atomic E-state index is 0.0127. The molecule has 0 saturated heterocycles. The average molecular weight is 223 g/mol. The number of hydrogen-bond acceptors (Lipinski definition) is 3. The predicted octanol–water partition coefficient (Wildman–Crippen LogP) is 1.75. The fraction of sp³-hybridized carbons (Fsp3) is 0.727. The van der Waals surface area contributed by atoms with Crippen LogP contribution in [0.2, 0.25) is 0 Å². The van der Waals surface area contributed by atoms with E-state index in [1.165, 1.54) is 0 Å². The van der Waals surface area contributed by atoms with Crippen LogP contribution in [0.3, 0.4) is 0 Å². The minimum Gasteiger partial charge on any atom is -0.481 e. The van der Waals surface area contributed by atoms with Crippen LogP contribution in [0.4, 0.5) is 0 Å². The quantitative estimate of drug-likeness (QED) is 0.847. The molecule has 1 unspecified atom stereocenters. The third kappa shape index (κ3) is 2.08. The molecule has 2 rings (SSSR count). The first-order valence-electron chi connectivity index (χ1n) is 5.75. The zero-order chi connectivity index (χ0) is 11.7. The zero-order valence-corrected chi connectivity index (χ0v) is 9.68. The van der Waals surface area contributed by atoms with Gasteiger partial charge in [-0.25, -0.2) is 9.67 Å². The number of fused-ring (bicyclic) bond motifs is 1. The molecular weight excluding hydrogens is 206 g/mol. The van der Waals surface area contributed by atoms with Crippen LogP contribution in [0.5, 0.6) is 0 Å². The molecule has 0 spiro atoms. The van der Waals surface area contributed by atoms with Crippen LogP contribution in [0, 0.1) is 0 Å². The first-order valence-corrected chi connectivity index (χ1v) is 5.75. The molecule has 0 aromatic carbocycles. The third-order valence-electron chi connectivity index (χ3n) is 2.93. The molecule has 0 bridgehead atoms.